The third kappa shape index (κ3) is 4.14. The van der Waals surface area contributed by atoms with Crippen LogP contribution in [-0.2, 0) is 16.0 Å². The van der Waals surface area contributed by atoms with E-state index in [1.165, 1.54) is 0 Å². The number of fused-ring (bicyclic) bond motifs is 1. The second-order valence-electron chi connectivity index (χ2n) is 6.70. The van der Waals surface area contributed by atoms with Gasteiger partial charge in [0.2, 0.25) is 5.91 Å². The van der Waals surface area contributed by atoms with E-state index in [0.717, 1.165) is 5.56 Å². The summed E-state index contributed by atoms with van der Waals surface area (Å²) in [6, 6.07) is 14.5. The molecular weight excluding hydrogens is 358 g/mol. The van der Waals surface area contributed by atoms with Crippen molar-refractivity contribution in [1.82, 2.24) is 5.43 Å². The van der Waals surface area contributed by atoms with Gasteiger partial charge in [-0.1, -0.05) is 30.3 Å². The number of aryl methyl sites for hydroxylation is 1. The van der Waals surface area contributed by atoms with Crippen LogP contribution in [0.4, 0.5) is 5.69 Å². The number of carbonyl (C=O) groups is 2. The number of anilines is 1. The Morgan fingerprint density at radius 1 is 1.07 bits per heavy atom. The molecule has 28 heavy (non-hydrogen) atoms. The lowest BCUT2D eigenvalue weighted by Gasteiger charge is -2.19. The Morgan fingerprint density at radius 2 is 1.86 bits per heavy atom. The van der Waals surface area contributed by atoms with Crippen LogP contribution in [0.15, 0.2) is 53.6 Å². The highest BCUT2D eigenvalue weighted by Crippen LogP contribution is 2.32. The van der Waals surface area contributed by atoms with E-state index in [2.05, 4.69) is 15.8 Å². The number of ether oxygens (including phenoxy) is 2. The van der Waals surface area contributed by atoms with Gasteiger partial charge in [0.25, 0.3) is 0 Å². The second-order valence-corrected chi connectivity index (χ2v) is 6.70. The lowest BCUT2D eigenvalue weighted by atomic mass is 10.0. The Hall–Kier alpha value is -3.35. The molecule has 0 aromatic heterocycles. The quantitative estimate of drug-likeness (QED) is 0.804. The summed E-state index contributed by atoms with van der Waals surface area (Å²) in [5.41, 5.74) is 4.90. The number of Topliss-reactive ketones (excluding diaryl/α,β-unsaturated/α-hetero) is 1. The van der Waals surface area contributed by atoms with Crippen molar-refractivity contribution in [2.45, 2.75) is 25.3 Å². The summed E-state index contributed by atoms with van der Waals surface area (Å²) in [6.45, 7) is 1.000. The van der Waals surface area contributed by atoms with Crippen molar-refractivity contribution < 1.29 is 19.1 Å². The van der Waals surface area contributed by atoms with Gasteiger partial charge in [0, 0.05) is 24.6 Å². The summed E-state index contributed by atoms with van der Waals surface area (Å²) in [5.74, 6) is 0.992. The van der Waals surface area contributed by atoms with Gasteiger partial charge in [-0.05, 0) is 24.1 Å². The molecule has 0 bridgehead atoms. The first-order valence-corrected chi connectivity index (χ1v) is 9.29. The van der Waals surface area contributed by atoms with Gasteiger partial charge in [-0.15, -0.1) is 0 Å². The molecular formula is C21H21N3O4. The zero-order valence-corrected chi connectivity index (χ0v) is 15.3. The summed E-state index contributed by atoms with van der Waals surface area (Å²) >= 11 is 0. The molecule has 0 radical (unpaired) electrons. The van der Waals surface area contributed by atoms with Gasteiger partial charge in [-0.25, -0.2) is 0 Å². The fraction of sp³-hybridized carbons (Fsp3) is 0.286. The zero-order chi connectivity index (χ0) is 19.3. The molecule has 1 unspecified atom stereocenters. The van der Waals surface area contributed by atoms with Crippen LogP contribution < -0.4 is 20.2 Å². The van der Waals surface area contributed by atoms with Crippen LogP contribution in [0, 0.1) is 0 Å². The minimum atomic E-state index is -0.566. The van der Waals surface area contributed by atoms with Gasteiger partial charge < -0.3 is 14.8 Å². The maximum Gasteiger partial charge on any atom is 0.248 e. The number of benzene rings is 2. The van der Waals surface area contributed by atoms with Crippen molar-refractivity contribution in [2.75, 3.05) is 18.5 Å². The molecule has 2 aromatic rings. The standard InChI is InChI=1S/C21H21N3O4/c25-18(8-6-14-4-2-1-3-5-14)16-13-17(24-23-16)21(26)22-15-7-9-19-20(12-15)28-11-10-27-19/h1-5,7,9,12,17,24H,6,8,10-11,13H2,(H,22,26). The van der Waals surface area contributed by atoms with E-state index in [9.17, 15) is 9.59 Å². The topological polar surface area (TPSA) is 89.0 Å². The first kappa shape index (κ1) is 18.0. The summed E-state index contributed by atoms with van der Waals surface area (Å²) in [7, 11) is 0. The number of nitrogens with one attached hydrogen (secondary N) is 2. The van der Waals surface area contributed by atoms with Crippen LogP contribution in [0.25, 0.3) is 0 Å². The summed E-state index contributed by atoms with van der Waals surface area (Å²) in [4.78, 5) is 24.9. The highest BCUT2D eigenvalue weighted by molar-refractivity contribution is 6.40. The second kappa shape index (κ2) is 8.12. The zero-order valence-electron chi connectivity index (χ0n) is 15.3. The third-order valence-electron chi connectivity index (χ3n) is 4.68. The van der Waals surface area contributed by atoms with Crippen molar-refractivity contribution >= 4 is 23.1 Å². The Kier molecular flexibility index (Phi) is 5.23. The van der Waals surface area contributed by atoms with Crippen LogP contribution in [0.2, 0.25) is 0 Å². The van der Waals surface area contributed by atoms with Crippen molar-refractivity contribution in [3.05, 3.63) is 54.1 Å². The number of rotatable bonds is 6. The van der Waals surface area contributed by atoms with E-state index >= 15 is 0 Å². The molecule has 0 spiro atoms. The molecule has 2 aliphatic heterocycles. The monoisotopic (exact) mass is 379 g/mol. The van der Waals surface area contributed by atoms with E-state index in [4.69, 9.17) is 9.47 Å². The van der Waals surface area contributed by atoms with Crippen LogP contribution in [-0.4, -0.2) is 36.7 Å². The fourth-order valence-electron chi connectivity index (χ4n) is 3.17. The normalized spacial score (nSPS) is 17.4. The van der Waals surface area contributed by atoms with Crippen molar-refractivity contribution in [1.29, 1.82) is 0 Å². The van der Waals surface area contributed by atoms with Crippen LogP contribution in [0.3, 0.4) is 0 Å². The molecule has 1 amide bonds. The molecule has 0 saturated heterocycles. The Morgan fingerprint density at radius 3 is 2.68 bits per heavy atom. The number of hydrazone groups is 1. The van der Waals surface area contributed by atoms with E-state index in [1.54, 1.807) is 18.2 Å². The maximum absolute atomic E-state index is 12.5. The minimum absolute atomic E-state index is 0.0361. The van der Waals surface area contributed by atoms with E-state index < -0.39 is 6.04 Å². The number of hydrogen-bond donors (Lipinski definition) is 2. The maximum atomic E-state index is 12.5. The molecule has 0 saturated carbocycles. The van der Waals surface area contributed by atoms with Crippen LogP contribution in [0.5, 0.6) is 11.5 Å². The lowest BCUT2D eigenvalue weighted by Crippen LogP contribution is -2.35. The lowest BCUT2D eigenvalue weighted by molar-refractivity contribution is -0.117. The fourth-order valence-corrected chi connectivity index (χ4v) is 3.17. The Balaban J connectivity index is 1.29. The molecule has 2 N–H and O–H groups in total. The number of carbonyl (C=O) groups excluding carboxylic acids is 2. The van der Waals surface area contributed by atoms with Gasteiger partial charge in [-0.2, -0.15) is 5.10 Å². The van der Waals surface area contributed by atoms with Gasteiger partial charge in [-0.3, -0.25) is 15.0 Å². The molecule has 1 atom stereocenters. The molecule has 4 rings (SSSR count). The van der Waals surface area contributed by atoms with Gasteiger partial charge in [0.15, 0.2) is 17.3 Å². The van der Waals surface area contributed by atoms with E-state index in [1.807, 2.05) is 30.3 Å². The first-order chi connectivity index (χ1) is 13.7. The SMILES string of the molecule is O=C(CCc1ccccc1)C1=NNC(C(=O)Nc2ccc3c(c2)OCCO3)C1. The summed E-state index contributed by atoms with van der Waals surface area (Å²) in [6.07, 6.45) is 1.32. The molecule has 2 aromatic carbocycles. The summed E-state index contributed by atoms with van der Waals surface area (Å²) < 4.78 is 11.0. The van der Waals surface area contributed by atoms with Crippen LogP contribution >= 0.6 is 0 Å². The van der Waals surface area contributed by atoms with E-state index in [-0.39, 0.29) is 18.1 Å². The molecule has 0 aliphatic carbocycles. The van der Waals surface area contributed by atoms with Crippen molar-refractivity contribution in [3.63, 3.8) is 0 Å². The summed E-state index contributed by atoms with van der Waals surface area (Å²) in [5, 5.41) is 6.90. The third-order valence-corrected chi connectivity index (χ3v) is 4.68. The number of ketones is 1. The molecule has 2 aliphatic rings. The predicted octanol–water partition coefficient (Wildman–Crippen LogP) is 2.32. The Labute approximate surface area is 162 Å². The molecule has 7 heteroatoms. The number of amides is 1. The van der Waals surface area contributed by atoms with Gasteiger partial charge in [0.05, 0.1) is 0 Å². The average Bonchev–Trinajstić information content (AvgIpc) is 3.23. The number of hydrogen-bond acceptors (Lipinski definition) is 6. The Bertz CT molecular complexity index is 911. The predicted molar refractivity (Wildman–Crippen MR) is 105 cm³/mol. The van der Waals surface area contributed by atoms with Crippen molar-refractivity contribution in [3.8, 4) is 11.5 Å². The average molecular weight is 379 g/mol. The molecule has 0 fully saturated rings. The highest BCUT2D eigenvalue weighted by atomic mass is 16.6. The largest absolute Gasteiger partial charge is 0.486 e. The van der Waals surface area contributed by atoms with Crippen molar-refractivity contribution in [2.24, 2.45) is 5.10 Å². The minimum Gasteiger partial charge on any atom is -0.486 e. The number of nitrogens with zero attached hydrogens (tertiary/aromatic N) is 1. The van der Waals surface area contributed by atoms with Gasteiger partial charge >= 0.3 is 0 Å². The van der Waals surface area contributed by atoms with Crippen LogP contribution in [0.1, 0.15) is 18.4 Å². The molecule has 144 valence electrons. The molecule has 2 heterocycles. The smallest absolute Gasteiger partial charge is 0.248 e. The van der Waals surface area contributed by atoms with Gasteiger partial charge in [0.1, 0.15) is 25.0 Å². The first-order valence-electron chi connectivity index (χ1n) is 9.29. The molecule has 7 nitrogen and oxygen atoms in total. The highest BCUT2D eigenvalue weighted by Gasteiger charge is 2.29. The van der Waals surface area contributed by atoms with E-state index in [0.29, 0.717) is 49.0 Å².